The van der Waals surface area contributed by atoms with E-state index in [-0.39, 0.29) is 28.7 Å². The second-order valence-corrected chi connectivity index (χ2v) is 8.41. The van der Waals surface area contributed by atoms with E-state index >= 15 is 0 Å². The molecule has 0 spiro atoms. The fraction of sp³-hybridized carbons (Fsp3) is 0.318. The van der Waals surface area contributed by atoms with Crippen molar-refractivity contribution in [3.8, 4) is 5.69 Å². The minimum absolute atomic E-state index is 0.00339. The first-order valence-electron chi connectivity index (χ1n) is 9.68. The summed E-state index contributed by atoms with van der Waals surface area (Å²) in [6.45, 7) is 8.09. The van der Waals surface area contributed by atoms with Crippen LogP contribution < -0.4 is 5.32 Å². The van der Waals surface area contributed by atoms with Crippen molar-refractivity contribution in [2.45, 2.75) is 40.2 Å². The van der Waals surface area contributed by atoms with E-state index in [0.717, 1.165) is 12.0 Å². The number of aromatic nitrogens is 3. The molecule has 0 aliphatic carbocycles. The first kappa shape index (κ1) is 21.2. The largest absolute Gasteiger partial charge is 0.344 e. The number of carbonyl (C=O) groups excluding carboxylic acids is 1. The Hall–Kier alpha value is -3.55. The van der Waals surface area contributed by atoms with Gasteiger partial charge < -0.3 is 5.32 Å². The van der Waals surface area contributed by atoms with Crippen molar-refractivity contribution < 1.29 is 9.72 Å². The molecule has 1 atom stereocenters. The van der Waals surface area contributed by atoms with Gasteiger partial charge in [0.15, 0.2) is 5.69 Å². The Morgan fingerprint density at radius 2 is 1.87 bits per heavy atom. The lowest BCUT2D eigenvalue weighted by atomic mass is 9.85. The van der Waals surface area contributed by atoms with Crippen molar-refractivity contribution in [2.24, 2.45) is 5.41 Å². The van der Waals surface area contributed by atoms with Crippen molar-refractivity contribution in [3.05, 3.63) is 81.7 Å². The molecule has 1 heterocycles. The number of hydrogen-bond acceptors (Lipinski definition) is 5. The monoisotopic (exact) mass is 407 g/mol. The summed E-state index contributed by atoms with van der Waals surface area (Å²) in [5, 5.41) is 22.2. The van der Waals surface area contributed by atoms with E-state index in [4.69, 9.17) is 0 Å². The molecule has 0 aliphatic heterocycles. The lowest BCUT2D eigenvalue weighted by Crippen LogP contribution is -2.32. The molecule has 3 rings (SSSR count). The second-order valence-electron chi connectivity index (χ2n) is 8.41. The SMILES string of the molecule is Cc1c(C(=O)NC(CC(C)(C)C)c2ccccc2)nnn1-c1cccc([N+](=O)[O-])c1. The molecule has 1 aromatic heterocycles. The Kier molecular flexibility index (Phi) is 5.96. The predicted octanol–water partition coefficient (Wildman–Crippen LogP) is 4.39. The molecular weight excluding hydrogens is 382 g/mol. The molecule has 0 aliphatic rings. The Balaban J connectivity index is 1.88. The number of hydrogen-bond donors (Lipinski definition) is 1. The summed E-state index contributed by atoms with van der Waals surface area (Å²) in [6.07, 6.45) is 0.751. The van der Waals surface area contributed by atoms with E-state index in [1.807, 2.05) is 30.3 Å². The zero-order valence-electron chi connectivity index (χ0n) is 17.5. The van der Waals surface area contributed by atoms with Crippen LogP contribution >= 0.6 is 0 Å². The number of nitrogens with zero attached hydrogens (tertiary/aromatic N) is 4. The second kappa shape index (κ2) is 8.44. The smallest absolute Gasteiger partial charge is 0.274 e. The first-order chi connectivity index (χ1) is 14.2. The maximum absolute atomic E-state index is 13.0. The maximum atomic E-state index is 13.0. The quantitative estimate of drug-likeness (QED) is 0.482. The number of rotatable bonds is 6. The minimum Gasteiger partial charge on any atom is -0.344 e. The Bertz CT molecular complexity index is 1050. The fourth-order valence-electron chi connectivity index (χ4n) is 3.30. The van der Waals surface area contributed by atoms with Gasteiger partial charge in [0.2, 0.25) is 0 Å². The molecule has 156 valence electrons. The predicted molar refractivity (Wildman–Crippen MR) is 113 cm³/mol. The first-order valence-corrected chi connectivity index (χ1v) is 9.68. The van der Waals surface area contributed by atoms with E-state index in [0.29, 0.717) is 11.4 Å². The molecule has 30 heavy (non-hydrogen) atoms. The van der Waals surface area contributed by atoms with Crippen molar-refractivity contribution in [1.82, 2.24) is 20.3 Å². The highest BCUT2D eigenvalue weighted by atomic mass is 16.6. The fourth-order valence-corrected chi connectivity index (χ4v) is 3.30. The average molecular weight is 407 g/mol. The maximum Gasteiger partial charge on any atom is 0.274 e. The van der Waals surface area contributed by atoms with Gasteiger partial charge in [-0.25, -0.2) is 4.68 Å². The number of carbonyl (C=O) groups is 1. The molecule has 3 aromatic rings. The molecular formula is C22H25N5O3. The van der Waals surface area contributed by atoms with Gasteiger partial charge in [0.05, 0.1) is 22.3 Å². The van der Waals surface area contributed by atoms with Crippen LogP contribution in [0.4, 0.5) is 5.69 Å². The third-order valence-electron chi connectivity index (χ3n) is 4.72. The van der Waals surface area contributed by atoms with Gasteiger partial charge in [0.25, 0.3) is 11.6 Å². The van der Waals surface area contributed by atoms with Gasteiger partial charge in [-0.15, -0.1) is 5.10 Å². The van der Waals surface area contributed by atoms with Crippen LogP contribution in [0.15, 0.2) is 54.6 Å². The van der Waals surface area contributed by atoms with Crippen molar-refractivity contribution >= 4 is 11.6 Å². The average Bonchev–Trinajstić information content (AvgIpc) is 3.08. The summed E-state index contributed by atoms with van der Waals surface area (Å²) >= 11 is 0. The van der Waals surface area contributed by atoms with Gasteiger partial charge in [0, 0.05) is 12.1 Å². The lowest BCUT2D eigenvalue weighted by molar-refractivity contribution is -0.384. The number of nitrogens with one attached hydrogen (secondary N) is 1. The highest BCUT2D eigenvalue weighted by Crippen LogP contribution is 2.29. The summed E-state index contributed by atoms with van der Waals surface area (Å²) < 4.78 is 1.43. The molecule has 0 fully saturated rings. The Labute approximate surface area is 175 Å². The molecule has 1 amide bonds. The van der Waals surface area contributed by atoms with E-state index in [9.17, 15) is 14.9 Å². The van der Waals surface area contributed by atoms with Crippen LogP contribution in [0.3, 0.4) is 0 Å². The standard InChI is InChI=1S/C22H25N5O3/c1-15-20(24-25-26(15)17-11-8-12-18(13-17)27(29)30)21(28)23-19(14-22(2,3)4)16-9-6-5-7-10-16/h5-13,19H,14H2,1-4H3,(H,23,28). The Morgan fingerprint density at radius 3 is 2.50 bits per heavy atom. The van der Waals surface area contributed by atoms with Gasteiger partial charge in [-0.1, -0.05) is 62.4 Å². The molecule has 8 heteroatoms. The van der Waals surface area contributed by atoms with Crippen LogP contribution in [0.2, 0.25) is 0 Å². The summed E-state index contributed by atoms with van der Waals surface area (Å²) in [7, 11) is 0. The highest BCUT2D eigenvalue weighted by Gasteiger charge is 2.25. The topological polar surface area (TPSA) is 103 Å². The Morgan fingerprint density at radius 1 is 1.17 bits per heavy atom. The molecule has 1 unspecified atom stereocenters. The number of non-ortho nitro benzene ring substituents is 1. The molecule has 2 aromatic carbocycles. The van der Waals surface area contributed by atoms with Crippen molar-refractivity contribution in [1.29, 1.82) is 0 Å². The van der Waals surface area contributed by atoms with Crippen molar-refractivity contribution in [3.63, 3.8) is 0 Å². The molecule has 8 nitrogen and oxygen atoms in total. The summed E-state index contributed by atoms with van der Waals surface area (Å²) in [4.78, 5) is 23.6. The molecule has 0 saturated carbocycles. The molecule has 1 N–H and O–H groups in total. The lowest BCUT2D eigenvalue weighted by Gasteiger charge is -2.27. The van der Waals surface area contributed by atoms with Gasteiger partial charge in [-0.2, -0.15) is 0 Å². The molecule has 0 bridgehead atoms. The third kappa shape index (κ3) is 4.89. The summed E-state index contributed by atoms with van der Waals surface area (Å²) in [5.74, 6) is -0.331. The van der Waals surface area contributed by atoms with Gasteiger partial charge in [-0.3, -0.25) is 14.9 Å². The van der Waals surface area contributed by atoms with Crippen LogP contribution in [0.25, 0.3) is 5.69 Å². The van der Waals surface area contributed by atoms with Crippen LogP contribution in [-0.2, 0) is 0 Å². The van der Waals surface area contributed by atoms with Crippen LogP contribution in [0.1, 0.15) is 55.0 Å². The summed E-state index contributed by atoms with van der Waals surface area (Å²) in [5.41, 5.74) is 2.14. The number of amides is 1. The van der Waals surface area contributed by atoms with Gasteiger partial charge >= 0.3 is 0 Å². The highest BCUT2D eigenvalue weighted by molar-refractivity contribution is 5.93. The van der Waals surface area contributed by atoms with Crippen LogP contribution in [0.5, 0.6) is 0 Å². The van der Waals surface area contributed by atoms with E-state index in [2.05, 4.69) is 36.4 Å². The van der Waals surface area contributed by atoms with Gasteiger partial charge in [-0.05, 0) is 30.4 Å². The molecule has 0 saturated heterocycles. The minimum atomic E-state index is -0.472. The summed E-state index contributed by atoms with van der Waals surface area (Å²) in [6, 6.07) is 15.7. The number of nitro benzene ring substituents is 1. The van der Waals surface area contributed by atoms with E-state index in [1.165, 1.54) is 16.8 Å². The van der Waals surface area contributed by atoms with Crippen molar-refractivity contribution in [2.75, 3.05) is 0 Å². The zero-order chi connectivity index (χ0) is 21.9. The van der Waals surface area contributed by atoms with Crippen LogP contribution in [-0.4, -0.2) is 25.8 Å². The third-order valence-corrected chi connectivity index (χ3v) is 4.72. The zero-order valence-corrected chi connectivity index (χ0v) is 17.5. The van der Waals surface area contributed by atoms with Crippen LogP contribution in [0, 0.1) is 22.5 Å². The van der Waals surface area contributed by atoms with E-state index in [1.54, 1.807) is 19.1 Å². The normalized spacial score (nSPS) is 12.4. The number of nitro groups is 1. The number of benzene rings is 2. The molecule has 0 radical (unpaired) electrons. The van der Waals surface area contributed by atoms with Gasteiger partial charge in [0.1, 0.15) is 0 Å². The van der Waals surface area contributed by atoms with E-state index < -0.39 is 4.92 Å².